The molecule has 3 atom stereocenters. The van der Waals surface area contributed by atoms with Gasteiger partial charge in [-0.05, 0) is 86.1 Å². The van der Waals surface area contributed by atoms with Gasteiger partial charge in [-0.15, -0.1) is 0 Å². The zero-order chi connectivity index (χ0) is 41.8. The number of carbonyl (C=O) groups is 2. The fraction of sp³-hybridized carbons (Fsp3) is 0.381. The van der Waals surface area contributed by atoms with Crippen LogP contribution in [0.3, 0.4) is 0 Å². The summed E-state index contributed by atoms with van der Waals surface area (Å²) in [6, 6.07) is 30.4. The highest BCUT2D eigenvalue weighted by molar-refractivity contribution is 7.92. The summed E-state index contributed by atoms with van der Waals surface area (Å²) in [7, 11) is -3.17. The Bertz CT molecular complexity index is 2050. The largest absolute Gasteiger partial charge is 0.497 e. The van der Waals surface area contributed by atoms with Gasteiger partial charge in [0, 0.05) is 12.5 Å². The maximum Gasteiger partial charge on any atom is 0.247 e. The molecule has 0 fully saturated rings. The van der Waals surface area contributed by atoms with Crippen molar-refractivity contribution >= 4 is 31.5 Å². The van der Waals surface area contributed by atoms with Crippen LogP contribution in [-0.2, 0) is 42.1 Å². The summed E-state index contributed by atoms with van der Waals surface area (Å²) in [6.45, 7) is 1.52. The van der Waals surface area contributed by atoms with Crippen LogP contribution in [-0.4, -0.2) is 70.9 Å². The number of benzene rings is 4. The van der Waals surface area contributed by atoms with E-state index in [1.807, 2.05) is 60.7 Å². The highest BCUT2D eigenvalue weighted by atomic mass is 32.2. The van der Waals surface area contributed by atoms with E-state index in [9.17, 15) is 26.4 Å². The van der Waals surface area contributed by atoms with Crippen molar-refractivity contribution in [3.63, 3.8) is 0 Å². The normalized spacial score (nSPS) is 12.9. The van der Waals surface area contributed by atoms with Crippen molar-refractivity contribution in [2.24, 2.45) is 5.92 Å². The highest BCUT2D eigenvalue weighted by Gasteiger charge is 2.36. The van der Waals surface area contributed by atoms with E-state index < -0.39 is 47.9 Å². The molecule has 4 aromatic carbocycles. The van der Waals surface area contributed by atoms with Crippen LogP contribution in [0.4, 0.5) is 0 Å². The Hall–Kier alpha value is -4.96. The maximum atomic E-state index is 13.2. The first-order valence-electron chi connectivity index (χ1n) is 18.6. The van der Waals surface area contributed by atoms with Gasteiger partial charge in [0.15, 0.2) is 31.2 Å². The standard InChI is InChI=1S/C21H27NO6S.C21H27NO5S/c1-27-19-13-12-18(14-20(19)28-2)29(25,26)17(15-21(23)22-24)11-7-6-10-16-8-4-3-5-9-16;1-16(21(23)22-24)20(11-7-6-10-17-8-4-3-5-9-17)28(25,26)19-14-12-18(27-2)13-15-19/h3-5,8-9,12-14,17,24H,6-7,10-11,15H2,1-2H3,(H,22,23);3-5,8-9,12-16,20,24H,6-7,10-11H2,1-2H3,(H,22,23). The number of sulfone groups is 2. The van der Waals surface area contributed by atoms with Gasteiger partial charge in [-0.1, -0.05) is 80.4 Å². The summed E-state index contributed by atoms with van der Waals surface area (Å²) in [5.41, 5.74) is 5.48. The van der Waals surface area contributed by atoms with Crippen LogP contribution in [0.1, 0.15) is 63.0 Å². The van der Waals surface area contributed by atoms with Crippen molar-refractivity contribution in [3.05, 3.63) is 114 Å². The molecule has 4 N–H and O–H groups in total. The van der Waals surface area contributed by atoms with Crippen molar-refractivity contribution in [1.29, 1.82) is 0 Å². The molecule has 0 aliphatic rings. The molecule has 13 nitrogen and oxygen atoms in total. The third-order valence-corrected chi connectivity index (χ3v) is 14.2. The van der Waals surface area contributed by atoms with Crippen molar-refractivity contribution < 1.29 is 51.0 Å². The zero-order valence-electron chi connectivity index (χ0n) is 32.8. The molecule has 0 aromatic heterocycles. The lowest BCUT2D eigenvalue weighted by Gasteiger charge is -2.23. The summed E-state index contributed by atoms with van der Waals surface area (Å²) >= 11 is 0. The van der Waals surface area contributed by atoms with Gasteiger partial charge in [0.2, 0.25) is 11.8 Å². The topological polar surface area (TPSA) is 195 Å². The van der Waals surface area contributed by atoms with E-state index in [1.165, 1.54) is 75.2 Å². The molecule has 0 aliphatic heterocycles. The molecule has 0 saturated carbocycles. The van der Waals surface area contributed by atoms with Crippen LogP contribution in [0, 0.1) is 5.92 Å². The molecule has 0 aliphatic carbocycles. The predicted molar refractivity (Wildman–Crippen MR) is 216 cm³/mol. The Kier molecular flexibility index (Phi) is 19.0. The Morgan fingerprint density at radius 2 is 1.14 bits per heavy atom. The number of unbranched alkanes of at least 4 members (excludes halogenated alkanes) is 2. The second-order valence-electron chi connectivity index (χ2n) is 13.4. The maximum absolute atomic E-state index is 13.2. The van der Waals surface area contributed by atoms with Crippen molar-refractivity contribution in [3.8, 4) is 17.2 Å². The van der Waals surface area contributed by atoms with Crippen LogP contribution >= 0.6 is 0 Å². The van der Waals surface area contributed by atoms with Gasteiger partial charge >= 0.3 is 0 Å². The number of carbonyl (C=O) groups excluding carboxylic acids is 2. The second-order valence-corrected chi connectivity index (χ2v) is 17.8. The summed E-state index contributed by atoms with van der Waals surface area (Å²) in [5.74, 6) is -1.05. The van der Waals surface area contributed by atoms with E-state index in [1.54, 1.807) is 17.6 Å². The smallest absolute Gasteiger partial charge is 0.247 e. The van der Waals surface area contributed by atoms with Crippen LogP contribution in [0.25, 0.3) is 0 Å². The van der Waals surface area contributed by atoms with Gasteiger partial charge in [-0.2, -0.15) is 0 Å². The molecule has 2 amide bonds. The first kappa shape index (κ1) is 46.4. The SMILES string of the molecule is COc1ccc(S(=O)(=O)C(CCCCc2ccccc2)C(C)C(=O)NO)cc1.COc1ccc(S(=O)(=O)C(CCCCc2ccccc2)CC(=O)NO)cc1OC. The van der Waals surface area contributed by atoms with E-state index >= 15 is 0 Å². The minimum absolute atomic E-state index is 0.0500. The molecule has 4 aromatic rings. The molecular weight excluding hydrogens is 773 g/mol. The molecule has 0 radical (unpaired) electrons. The molecule has 0 saturated heterocycles. The number of amides is 2. The molecule has 15 heteroatoms. The molecular formula is C42H54N2O11S2. The predicted octanol–water partition coefficient (Wildman–Crippen LogP) is 6.55. The number of hydrogen-bond donors (Lipinski definition) is 4. The monoisotopic (exact) mass is 826 g/mol. The third-order valence-electron chi connectivity index (χ3n) is 9.66. The molecule has 0 heterocycles. The molecule has 4 rings (SSSR count). The molecule has 57 heavy (non-hydrogen) atoms. The van der Waals surface area contributed by atoms with Crippen LogP contribution < -0.4 is 25.2 Å². The van der Waals surface area contributed by atoms with Gasteiger partial charge in [-0.3, -0.25) is 20.0 Å². The average molecular weight is 827 g/mol. The second kappa shape index (κ2) is 23.3. The van der Waals surface area contributed by atoms with E-state index in [0.717, 1.165) is 25.7 Å². The van der Waals surface area contributed by atoms with Crippen molar-refractivity contribution in [1.82, 2.24) is 11.0 Å². The lowest BCUT2D eigenvalue weighted by Crippen LogP contribution is -2.38. The third kappa shape index (κ3) is 13.9. The zero-order valence-corrected chi connectivity index (χ0v) is 34.4. The van der Waals surface area contributed by atoms with E-state index in [0.29, 0.717) is 42.9 Å². The van der Waals surface area contributed by atoms with Crippen LogP contribution in [0.2, 0.25) is 0 Å². The first-order chi connectivity index (χ1) is 27.3. The van der Waals surface area contributed by atoms with Crippen LogP contribution in [0.5, 0.6) is 17.2 Å². The number of rotatable bonds is 21. The van der Waals surface area contributed by atoms with Crippen molar-refractivity contribution in [2.75, 3.05) is 21.3 Å². The quantitative estimate of drug-likeness (QED) is 0.0405. The average Bonchev–Trinajstić information content (AvgIpc) is 3.24. The minimum Gasteiger partial charge on any atom is -0.497 e. The summed E-state index contributed by atoms with van der Waals surface area (Å²) in [4.78, 5) is 23.8. The van der Waals surface area contributed by atoms with E-state index in [2.05, 4.69) is 0 Å². The molecule has 0 spiro atoms. The fourth-order valence-electron chi connectivity index (χ4n) is 6.36. The lowest BCUT2D eigenvalue weighted by atomic mass is 10.00. The Balaban J connectivity index is 0.000000306. The van der Waals surface area contributed by atoms with Gasteiger partial charge in [-0.25, -0.2) is 27.8 Å². The van der Waals surface area contributed by atoms with Gasteiger partial charge in [0.05, 0.1) is 47.5 Å². The summed E-state index contributed by atoms with van der Waals surface area (Å²) < 4.78 is 68.0. The fourth-order valence-corrected chi connectivity index (χ4v) is 10.1. The Morgan fingerprint density at radius 3 is 1.63 bits per heavy atom. The van der Waals surface area contributed by atoms with E-state index in [-0.39, 0.29) is 16.2 Å². The number of hydroxylamine groups is 2. The number of nitrogens with one attached hydrogen (secondary N) is 2. The number of ether oxygens (including phenoxy) is 3. The number of methoxy groups -OCH3 is 3. The van der Waals surface area contributed by atoms with Gasteiger partial charge in [0.25, 0.3) is 0 Å². The minimum atomic E-state index is -3.82. The summed E-state index contributed by atoms with van der Waals surface area (Å²) in [6.07, 6.45) is 4.87. The number of hydrogen-bond acceptors (Lipinski definition) is 11. The molecule has 310 valence electrons. The first-order valence-corrected chi connectivity index (χ1v) is 21.7. The van der Waals surface area contributed by atoms with Gasteiger partial charge < -0.3 is 14.2 Å². The van der Waals surface area contributed by atoms with Gasteiger partial charge in [0.1, 0.15) is 5.75 Å². The van der Waals surface area contributed by atoms with Crippen molar-refractivity contribution in [2.45, 2.75) is 85.0 Å². The lowest BCUT2D eigenvalue weighted by molar-refractivity contribution is -0.133. The Labute approximate surface area is 336 Å². The number of aryl methyl sites for hydroxylation is 2. The van der Waals surface area contributed by atoms with Crippen LogP contribution in [0.15, 0.2) is 113 Å². The molecule has 3 unspecified atom stereocenters. The van der Waals surface area contributed by atoms with E-state index in [4.69, 9.17) is 24.6 Å². The summed E-state index contributed by atoms with van der Waals surface area (Å²) in [5, 5.41) is 15.9. The Morgan fingerprint density at radius 1 is 0.614 bits per heavy atom. The molecule has 0 bridgehead atoms. The highest BCUT2D eigenvalue weighted by Crippen LogP contribution is 2.33.